The summed E-state index contributed by atoms with van der Waals surface area (Å²) in [6.45, 7) is 0. The number of nitrogens with one attached hydrogen (secondary N) is 3. The summed E-state index contributed by atoms with van der Waals surface area (Å²) in [5.74, 6) is 0.668. The molecule has 7 heteroatoms. The summed E-state index contributed by atoms with van der Waals surface area (Å²) in [5, 5.41) is 18.3. The minimum Gasteiger partial charge on any atom is -0.508 e. The van der Waals surface area contributed by atoms with Crippen molar-refractivity contribution >= 4 is 24.4 Å². The van der Waals surface area contributed by atoms with Gasteiger partial charge in [0.15, 0.2) is 0 Å². The first-order valence-electron chi connectivity index (χ1n) is 4.47. The largest absolute Gasteiger partial charge is 0.508 e. The molecule has 2 aromatic rings. The Morgan fingerprint density at radius 2 is 2.06 bits per heavy atom. The highest BCUT2D eigenvalue weighted by Crippen LogP contribution is 2.07. The number of hydrogen-bond donors (Lipinski definition) is 4. The standard InChI is InChI=1S/C9H9N5OS/c15-7-3-1-6(2-4-7)5-10-12-8-11-9(16)14-13-8/h1-5,15H,(H3,11,12,13,14,16)/b10-5-. The molecule has 0 saturated carbocycles. The van der Waals surface area contributed by atoms with E-state index in [0.29, 0.717) is 10.7 Å². The fourth-order valence-electron chi connectivity index (χ4n) is 1.05. The lowest BCUT2D eigenvalue weighted by atomic mass is 10.2. The van der Waals surface area contributed by atoms with Gasteiger partial charge in [-0.15, -0.1) is 0 Å². The molecule has 82 valence electrons. The molecular formula is C9H9N5OS. The number of rotatable bonds is 3. The van der Waals surface area contributed by atoms with E-state index in [4.69, 9.17) is 17.3 Å². The second-order valence-electron chi connectivity index (χ2n) is 2.98. The van der Waals surface area contributed by atoms with E-state index in [0.717, 1.165) is 5.56 Å². The van der Waals surface area contributed by atoms with Crippen LogP contribution in [0.5, 0.6) is 5.75 Å². The van der Waals surface area contributed by atoms with Crippen molar-refractivity contribution in [2.45, 2.75) is 0 Å². The van der Waals surface area contributed by atoms with Crippen molar-refractivity contribution in [3.8, 4) is 5.75 Å². The number of benzene rings is 1. The van der Waals surface area contributed by atoms with Crippen molar-refractivity contribution < 1.29 is 5.11 Å². The minimum absolute atomic E-state index is 0.224. The van der Waals surface area contributed by atoms with Crippen LogP contribution in [0.3, 0.4) is 0 Å². The Kier molecular flexibility index (Phi) is 2.97. The molecule has 0 saturated heterocycles. The summed E-state index contributed by atoms with van der Waals surface area (Å²) in [6.07, 6.45) is 1.60. The van der Waals surface area contributed by atoms with E-state index in [1.807, 2.05) is 0 Å². The zero-order chi connectivity index (χ0) is 11.4. The first-order chi connectivity index (χ1) is 7.74. The molecule has 0 bridgehead atoms. The van der Waals surface area contributed by atoms with Gasteiger partial charge in [-0.2, -0.15) is 10.1 Å². The van der Waals surface area contributed by atoms with E-state index < -0.39 is 0 Å². The predicted octanol–water partition coefficient (Wildman–Crippen LogP) is 1.62. The van der Waals surface area contributed by atoms with Crippen molar-refractivity contribution in [2.24, 2.45) is 5.10 Å². The summed E-state index contributed by atoms with van der Waals surface area (Å²) in [6, 6.07) is 6.66. The van der Waals surface area contributed by atoms with Crippen LogP contribution in [0.4, 0.5) is 5.95 Å². The van der Waals surface area contributed by atoms with Gasteiger partial charge in [0, 0.05) is 0 Å². The number of nitrogens with zero attached hydrogens (tertiary/aromatic N) is 2. The molecule has 16 heavy (non-hydrogen) atoms. The molecule has 1 aromatic heterocycles. The van der Waals surface area contributed by atoms with Crippen LogP contribution in [0.15, 0.2) is 29.4 Å². The van der Waals surface area contributed by atoms with Crippen LogP contribution in [-0.2, 0) is 0 Å². The summed E-state index contributed by atoms with van der Waals surface area (Å²) in [4.78, 5) is 3.89. The van der Waals surface area contributed by atoms with Crippen LogP contribution in [0.25, 0.3) is 0 Å². The lowest BCUT2D eigenvalue weighted by Crippen LogP contribution is -1.92. The molecule has 0 amide bonds. The van der Waals surface area contributed by atoms with Crippen LogP contribution in [-0.4, -0.2) is 26.5 Å². The van der Waals surface area contributed by atoms with Crippen molar-refractivity contribution in [1.82, 2.24) is 15.2 Å². The highest BCUT2D eigenvalue weighted by Gasteiger charge is 1.91. The monoisotopic (exact) mass is 235 g/mol. The van der Waals surface area contributed by atoms with Gasteiger partial charge in [-0.3, -0.25) is 10.2 Å². The number of hydrogen-bond acceptors (Lipinski definition) is 5. The number of aromatic nitrogens is 3. The molecule has 0 fully saturated rings. The maximum absolute atomic E-state index is 9.07. The van der Waals surface area contributed by atoms with Crippen molar-refractivity contribution in [3.05, 3.63) is 34.6 Å². The number of H-pyrrole nitrogens is 2. The third kappa shape index (κ3) is 2.67. The Bertz CT molecular complexity index is 542. The van der Waals surface area contributed by atoms with Crippen LogP contribution in [0.2, 0.25) is 0 Å². The quantitative estimate of drug-likeness (QED) is 0.370. The minimum atomic E-state index is 0.224. The average molecular weight is 235 g/mol. The molecule has 0 aliphatic rings. The van der Waals surface area contributed by atoms with Gasteiger partial charge in [-0.1, -0.05) is 0 Å². The van der Waals surface area contributed by atoms with Gasteiger partial charge in [0.1, 0.15) is 5.75 Å². The van der Waals surface area contributed by atoms with E-state index in [1.54, 1.807) is 30.5 Å². The van der Waals surface area contributed by atoms with Crippen molar-refractivity contribution in [3.63, 3.8) is 0 Å². The normalized spacial score (nSPS) is 10.8. The van der Waals surface area contributed by atoms with Gasteiger partial charge >= 0.3 is 0 Å². The maximum atomic E-state index is 9.07. The highest BCUT2D eigenvalue weighted by molar-refractivity contribution is 7.71. The highest BCUT2D eigenvalue weighted by atomic mass is 32.1. The van der Waals surface area contributed by atoms with Gasteiger partial charge < -0.3 is 5.11 Å². The third-order valence-electron chi connectivity index (χ3n) is 1.78. The molecule has 6 nitrogen and oxygen atoms in total. The smallest absolute Gasteiger partial charge is 0.238 e. The Morgan fingerprint density at radius 3 is 2.69 bits per heavy atom. The van der Waals surface area contributed by atoms with Crippen LogP contribution < -0.4 is 5.43 Å². The molecule has 0 aliphatic heterocycles. The Balaban J connectivity index is 1.99. The average Bonchev–Trinajstić information content (AvgIpc) is 2.67. The molecule has 1 aromatic carbocycles. The molecule has 0 unspecified atom stereocenters. The Labute approximate surface area is 96.0 Å². The summed E-state index contributed by atoms with van der Waals surface area (Å²) in [7, 11) is 0. The van der Waals surface area contributed by atoms with Crippen molar-refractivity contribution in [2.75, 3.05) is 5.43 Å². The first kappa shape index (κ1) is 10.4. The number of phenolic OH excluding ortho intramolecular Hbond substituents is 1. The zero-order valence-corrected chi connectivity index (χ0v) is 8.95. The van der Waals surface area contributed by atoms with E-state index in [-0.39, 0.29) is 5.75 Å². The third-order valence-corrected chi connectivity index (χ3v) is 1.97. The van der Waals surface area contributed by atoms with Gasteiger partial charge in [0.05, 0.1) is 6.21 Å². The molecule has 2 rings (SSSR count). The molecule has 0 spiro atoms. The van der Waals surface area contributed by atoms with Crippen LogP contribution in [0, 0.1) is 4.77 Å². The lowest BCUT2D eigenvalue weighted by molar-refractivity contribution is 0.475. The van der Waals surface area contributed by atoms with Gasteiger partial charge in [0.25, 0.3) is 0 Å². The fourth-order valence-corrected chi connectivity index (χ4v) is 1.19. The van der Waals surface area contributed by atoms with E-state index in [2.05, 4.69) is 25.7 Å². The van der Waals surface area contributed by atoms with Crippen LogP contribution in [0.1, 0.15) is 5.56 Å². The lowest BCUT2D eigenvalue weighted by Gasteiger charge is -1.94. The summed E-state index contributed by atoms with van der Waals surface area (Å²) in [5.41, 5.74) is 3.53. The fraction of sp³-hybridized carbons (Fsp3) is 0. The first-order valence-corrected chi connectivity index (χ1v) is 4.88. The molecule has 4 N–H and O–H groups in total. The number of anilines is 1. The summed E-state index contributed by atoms with van der Waals surface area (Å²) >= 11 is 4.77. The van der Waals surface area contributed by atoms with Gasteiger partial charge in [-0.05, 0) is 42.0 Å². The van der Waals surface area contributed by atoms with E-state index >= 15 is 0 Å². The maximum Gasteiger partial charge on any atom is 0.238 e. The molecule has 0 atom stereocenters. The molecule has 0 aliphatic carbocycles. The van der Waals surface area contributed by atoms with Gasteiger partial charge in [0.2, 0.25) is 10.7 Å². The van der Waals surface area contributed by atoms with E-state index in [9.17, 15) is 0 Å². The zero-order valence-electron chi connectivity index (χ0n) is 8.14. The summed E-state index contributed by atoms with van der Waals surface area (Å²) < 4.78 is 0.363. The number of phenols is 1. The second kappa shape index (κ2) is 4.58. The predicted molar refractivity (Wildman–Crippen MR) is 63.1 cm³/mol. The SMILES string of the molecule is Oc1ccc(/C=N\Nc2nc(=S)[nH][nH]2)cc1. The molecule has 0 radical (unpaired) electrons. The Morgan fingerprint density at radius 1 is 1.31 bits per heavy atom. The second-order valence-corrected chi connectivity index (χ2v) is 3.36. The number of hydrazone groups is 1. The number of aromatic amines is 2. The molecule has 1 heterocycles. The Hall–Kier alpha value is -2.15. The topological polar surface area (TPSA) is 89.1 Å². The van der Waals surface area contributed by atoms with Crippen molar-refractivity contribution in [1.29, 1.82) is 0 Å². The van der Waals surface area contributed by atoms with E-state index in [1.165, 1.54) is 0 Å². The molecular weight excluding hydrogens is 226 g/mol. The van der Waals surface area contributed by atoms with Crippen LogP contribution >= 0.6 is 12.2 Å². The van der Waals surface area contributed by atoms with Gasteiger partial charge in [-0.25, -0.2) is 5.43 Å². The number of aromatic hydroxyl groups is 1.